The highest BCUT2D eigenvalue weighted by atomic mass is 79.9. The quantitative estimate of drug-likeness (QED) is 0.770. The average Bonchev–Trinajstić information content (AvgIpc) is 2.77. The fourth-order valence-corrected chi connectivity index (χ4v) is 2.78. The van der Waals surface area contributed by atoms with Crippen molar-refractivity contribution in [3.05, 3.63) is 28.2 Å². The van der Waals surface area contributed by atoms with Crippen molar-refractivity contribution in [3.8, 4) is 5.75 Å². The van der Waals surface area contributed by atoms with Crippen molar-refractivity contribution in [3.63, 3.8) is 0 Å². The molecule has 2 aliphatic rings. The zero-order valence-electron chi connectivity index (χ0n) is 7.79. The minimum absolute atomic E-state index is 0.244. The molecule has 1 fully saturated rings. The summed E-state index contributed by atoms with van der Waals surface area (Å²) < 4.78 is 6.71. The molecule has 14 heavy (non-hydrogen) atoms. The van der Waals surface area contributed by atoms with E-state index in [1.54, 1.807) is 0 Å². The van der Waals surface area contributed by atoms with Gasteiger partial charge in [-0.3, -0.25) is 0 Å². The predicted molar refractivity (Wildman–Crippen MR) is 58.5 cm³/mol. The van der Waals surface area contributed by atoms with Gasteiger partial charge in [0, 0.05) is 21.5 Å². The van der Waals surface area contributed by atoms with Gasteiger partial charge < -0.3 is 10.5 Å². The minimum atomic E-state index is 0.244. The van der Waals surface area contributed by atoms with Crippen molar-refractivity contribution >= 4 is 15.9 Å². The van der Waals surface area contributed by atoms with Crippen LogP contribution in [-0.2, 0) is 5.41 Å². The van der Waals surface area contributed by atoms with Gasteiger partial charge in [0.05, 0.1) is 6.61 Å². The van der Waals surface area contributed by atoms with E-state index in [4.69, 9.17) is 10.5 Å². The first-order chi connectivity index (χ1) is 6.72. The molecule has 2 atom stereocenters. The number of ether oxygens (including phenoxy) is 1. The lowest BCUT2D eigenvalue weighted by atomic mass is 9.89. The lowest BCUT2D eigenvalue weighted by molar-refractivity contribution is 0.258. The molecule has 1 saturated carbocycles. The molecule has 1 aromatic rings. The fraction of sp³-hybridized carbons (Fsp3) is 0.455. The molecule has 0 bridgehead atoms. The van der Waals surface area contributed by atoms with E-state index < -0.39 is 0 Å². The van der Waals surface area contributed by atoms with Crippen LogP contribution in [0, 0.1) is 0 Å². The Bertz CT molecular complexity index is 393. The molecule has 2 nitrogen and oxygen atoms in total. The van der Waals surface area contributed by atoms with Crippen molar-refractivity contribution in [2.24, 2.45) is 5.73 Å². The van der Waals surface area contributed by atoms with Gasteiger partial charge in [-0.15, -0.1) is 0 Å². The first kappa shape index (κ1) is 8.74. The van der Waals surface area contributed by atoms with Crippen molar-refractivity contribution in [2.75, 3.05) is 6.61 Å². The molecule has 3 heteroatoms. The van der Waals surface area contributed by atoms with Gasteiger partial charge >= 0.3 is 0 Å². The van der Waals surface area contributed by atoms with Crippen molar-refractivity contribution in [2.45, 2.75) is 24.3 Å². The van der Waals surface area contributed by atoms with Gasteiger partial charge in [0.15, 0.2) is 0 Å². The number of benzene rings is 1. The van der Waals surface area contributed by atoms with Gasteiger partial charge in [0.25, 0.3) is 0 Å². The zero-order valence-corrected chi connectivity index (χ0v) is 9.38. The first-order valence-corrected chi connectivity index (χ1v) is 5.70. The highest BCUT2D eigenvalue weighted by Crippen LogP contribution is 2.55. The zero-order chi connectivity index (χ0) is 9.76. The summed E-state index contributed by atoms with van der Waals surface area (Å²) in [5.74, 6) is 1.01. The summed E-state index contributed by atoms with van der Waals surface area (Å²) in [6, 6.07) is 6.60. The SMILES string of the molecule is NC1CC12CCOc1cc(Br)ccc12. The highest BCUT2D eigenvalue weighted by molar-refractivity contribution is 9.10. The second-order valence-electron chi connectivity index (χ2n) is 4.21. The largest absolute Gasteiger partial charge is 0.493 e. The van der Waals surface area contributed by atoms with Crippen LogP contribution in [0.5, 0.6) is 5.75 Å². The van der Waals surface area contributed by atoms with Gasteiger partial charge in [-0.1, -0.05) is 22.0 Å². The van der Waals surface area contributed by atoms with Gasteiger partial charge in [0.2, 0.25) is 0 Å². The Hall–Kier alpha value is -0.540. The molecule has 0 amide bonds. The van der Waals surface area contributed by atoms with Crippen LogP contribution in [0.2, 0.25) is 0 Å². The van der Waals surface area contributed by atoms with E-state index in [0.717, 1.165) is 29.7 Å². The summed E-state index contributed by atoms with van der Waals surface area (Å²) in [6.45, 7) is 0.803. The average molecular weight is 254 g/mol. The van der Waals surface area contributed by atoms with Crippen molar-refractivity contribution in [1.29, 1.82) is 0 Å². The lowest BCUT2D eigenvalue weighted by Crippen LogP contribution is -2.26. The second-order valence-corrected chi connectivity index (χ2v) is 5.12. The molecule has 74 valence electrons. The van der Waals surface area contributed by atoms with E-state index in [2.05, 4.69) is 28.1 Å². The smallest absolute Gasteiger partial charge is 0.124 e. The molecule has 3 rings (SSSR count). The number of halogens is 1. The Labute approximate surface area is 91.6 Å². The van der Waals surface area contributed by atoms with Gasteiger partial charge in [0.1, 0.15) is 5.75 Å². The topological polar surface area (TPSA) is 35.2 Å². The maximum atomic E-state index is 6.02. The first-order valence-electron chi connectivity index (χ1n) is 4.91. The van der Waals surface area contributed by atoms with Crippen LogP contribution in [0.3, 0.4) is 0 Å². The Morgan fingerprint density at radius 1 is 1.50 bits per heavy atom. The van der Waals surface area contributed by atoms with Gasteiger partial charge in [-0.2, -0.15) is 0 Å². The summed E-state index contributed by atoms with van der Waals surface area (Å²) in [5, 5.41) is 0. The Balaban J connectivity index is 2.12. The van der Waals surface area contributed by atoms with Crippen LogP contribution >= 0.6 is 15.9 Å². The molecule has 1 spiro atoms. The van der Waals surface area contributed by atoms with Crippen LogP contribution in [0.25, 0.3) is 0 Å². The molecule has 1 heterocycles. The van der Waals surface area contributed by atoms with Crippen molar-refractivity contribution < 1.29 is 4.74 Å². The minimum Gasteiger partial charge on any atom is -0.493 e. The van der Waals surface area contributed by atoms with Crippen LogP contribution in [0.15, 0.2) is 22.7 Å². The maximum Gasteiger partial charge on any atom is 0.124 e. The Kier molecular flexibility index (Phi) is 1.71. The molecular formula is C11H12BrNO. The second kappa shape index (κ2) is 2.74. The summed E-state index contributed by atoms with van der Waals surface area (Å²) in [7, 11) is 0. The normalized spacial score (nSPS) is 33.7. The molecule has 1 aromatic carbocycles. The van der Waals surface area contributed by atoms with E-state index >= 15 is 0 Å². The third kappa shape index (κ3) is 1.06. The molecule has 0 saturated heterocycles. The van der Waals surface area contributed by atoms with E-state index in [0.29, 0.717) is 6.04 Å². The third-order valence-electron chi connectivity index (χ3n) is 3.42. The molecule has 0 radical (unpaired) electrons. The fourth-order valence-electron chi connectivity index (χ4n) is 2.44. The molecule has 0 aromatic heterocycles. The Morgan fingerprint density at radius 3 is 3.00 bits per heavy atom. The van der Waals surface area contributed by atoms with E-state index in [-0.39, 0.29) is 5.41 Å². The molecular weight excluding hydrogens is 242 g/mol. The van der Waals surface area contributed by atoms with Gasteiger partial charge in [-0.05, 0) is 25.0 Å². The Morgan fingerprint density at radius 2 is 2.29 bits per heavy atom. The number of rotatable bonds is 0. The van der Waals surface area contributed by atoms with Crippen LogP contribution in [-0.4, -0.2) is 12.6 Å². The number of nitrogens with two attached hydrogens (primary N) is 1. The summed E-state index contributed by atoms with van der Waals surface area (Å²) in [5.41, 5.74) is 7.57. The monoisotopic (exact) mass is 253 g/mol. The van der Waals surface area contributed by atoms with Gasteiger partial charge in [-0.25, -0.2) is 0 Å². The third-order valence-corrected chi connectivity index (χ3v) is 3.91. The summed E-state index contributed by atoms with van der Waals surface area (Å²) >= 11 is 3.45. The molecule has 2 N–H and O–H groups in total. The van der Waals surface area contributed by atoms with Crippen molar-refractivity contribution in [1.82, 2.24) is 0 Å². The van der Waals surface area contributed by atoms with E-state index in [1.807, 2.05) is 6.07 Å². The summed E-state index contributed by atoms with van der Waals surface area (Å²) in [4.78, 5) is 0. The number of fused-ring (bicyclic) bond motifs is 2. The lowest BCUT2D eigenvalue weighted by Gasteiger charge is -2.26. The highest BCUT2D eigenvalue weighted by Gasteiger charge is 2.55. The molecule has 2 unspecified atom stereocenters. The predicted octanol–water partition coefficient (Wildman–Crippen LogP) is 2.20. The van der Waals surface area contributed by atoms with Crippen LogP contribution in [0.4, 0.5) is 0 Å². The van der Waals surface area contributed by atoms with Crippen LogP contribution < -0.4 is 10.5 Å². The van der Waals surface area contributed by atoms with Crippen LogP contribution in [0.1, 0.15) is 18.4 Å². The standard InChI is InChI=1S/C11H12BrNO/c12-7-1-2-8-9(5-7)14-4-3-11(8)6-10(11)13/h1-2,5,10H,3-4,6,13H2. The van der Waals surface area contributed by atoms with E-state index in [9.17, 15) is 0 Å². The molecule has 1 aliphatic carbocycles. The van der Waals surface area contributed by atoms with E-state index in [1.165, 1.54) is 5.56 Å². The number of hydrogen-bond acceptors (Lipinski definition) is 2. The number of hydrogen-bond donors (Lipinski definition) is 1. The summed E-state index contributed by atoms with van der Waals surface area (Å²) in [6.07, 6.45) is 2.19. The maximum absolute atomic E-state index is 6.02. The molecule has 1 aliphatic heterocycles.